The summed E-state index contributed by atoms with van der Waals surface area (Å²) in [5.41, 5.74) is 2.66. The molecule has 31 heavy (non-hydrogen) atoms. The summed E-state index contributed by atoms with van der Waals surface area (Å²) >= 11 is 0. The van der Waals surface area contributed by atoms with Gasteiger partial charge in [-0.15, -0.1) is 5.10 Å². The van der Waals surface area contributed by atoms with Crippen LogP contribution in [0.15, 0.2) is 36.8 Å². The zero-order valence-corrected chi connectivity index (χ0v) is 17.2. The lowest BCUT2D eigenvalue weighted by Gasteiger charge is -2.28. The van der Waals surface area contributed by atoms with Crippen molar-refractivity contribution < 1.29 is 9.47 Å². The van der Waals surface area contributed by atoms with E-state index in [9.17, 15) is 0 Å². The van der Waals surface area contributed by atoms with Crippen LogP contribution in [0.4, 0.5) is 5.82 Å². The molecule has 1 aliphatic carbocycles. The Balaban J connectivity index is 1.60. The van der Waals surface area contributed by atoms with Crippen molar-refractivity contribution in [1.82, 2.24) is 34.3 Å². The molecule has 4 aromatic heterocycles. The molecule has 1 aliphatic heterocycles. The summed E-state index contributed by atoms with van der Waals surface area (Å²) in [5, 5.41) is 4.44. The van der Waals surface area contributed by atoms with Crippen molar-refractivity contribution in [3.63, 3.8) is 0 Å². The van der Waals surface area contributed by atoms with Gasteiger partial charge in [-0.25, -0.2) is 9.67 Å². The van der Waals surface area contributed by atoms with Gasteiger partial charge in [-0.1, -0.05) is 0 Å². The Bertz CT molecular complexity index is 1230. The predicted molar refractivity (Wildman–Crippen MR) is 114 cm³/mol. The third kappa shape index (κ3) is 3.19. The normalized spacial score (nSPS) is 16.7. The zero-order valence-electron chi connectivity index (χ0n) is 17.2. The number of pyridine rings is 1. The first-order chi connectivity index (χ1) is 15.3. The predicted octanol–water partition coefficient (Wildman–Crippen LogP) is 2.25. The van der Waals surface area contributed by atoms with Crippen LogP contribution < -0.4 is 9.64 Å². The highest BCUT2D eigenvalue weighted by Gasteiger charge is 2.32. The molecule has 2 aliphatic rings. The number of imidazole rings is 1. The molecule has 0 N–H and O–H groups in total. The van der Waals surface area contributed by atoms with Crippen LogP contribution in [0.1, 0.15) is 18.9 Å². The standard InChI is InChI=1S/C21H22N8O2/c1-30-16-6-9-28(26-16)21-24-19(27-10-12-31-13-11-27)17-20(25-21)29(15-2-3-15)18(23-17)14-4-7-22-8-5-14/h4-9,15H,2-3,10-13H2,1H3. The number of anilines is 1. The molecule has 1 saturated heterocycles. The van der Waals surface area contributed by atoms with Crippen LogP contribution in [0.5, 0.6) is 5.88 Å². The SMILES string of the molecule is COc1ccn(-c2nc(N3CCOCC3)c3nc(-c4ccncc4)n(C4CC4)c3n2)n1. The highest BCUT2D eigenvalue weighted by Crippen LogP contribution is 2.42. The van der Waals surface area contributed by atoms with Gasteiger partial charge in [0.05, 0.1) is 20.3 Å². The lowest BCUT2D eigenvalue weighted by molar-refractivity contribution is 0.122. The summed E-state index contributed by atoms with van der Waals surface area (Å²) < 4.78 is 14.7. The smallest absolute Gasteiger partial charge is 0.254 e. The first kappa shape index (κ1) is 18.3. The van der Waals surface area contributed by atoms with Crippen LogP contribution in [0.25, 0.3) is 28.5 Å². The fourth-order valence-electron chi connectivity index (χ4n) is 3.96. The molecule has 0 atom stereocenters. The molecule has 0 amide bonds. The Hall–Kier alpha value is -3.53. The minimum Gasteiger partial charge on any atom is -0.480 e. The van der Waals surface area contributed by atoms with Crippen molar-refractivity contribution in [2.75, 3.05) is 38.3 Å². The Morgan fingerprint density at radius 2 is 1.84 bits per heavy atom. The summed E-state index contributed by atoms with van der Waals surface area (Å²) in [7, 11) is 1.60. The van der Waals surface area contributed by atoms with E-state index in [-0.39, 0.29) is 0 Å². The van der Waals surface area contributed by atoms with E-state index in [4.69, 9.17) is 24.4 Å². The highest BCUT2D eigenvalue weighted by atomic mass is 16.5. The minimum atomic E-state index is 0.389. The Morgan fingerprint density at radius 1 is 1.03 bits per heavy atom. The van der Waals surface area contributed by atoms with E-state index < -0.39 is 0 Å². The van der Waals surface area contributed by atoms with Gasteiger partial charge < -0.3 is 18.9 Å². The molecule has 4 aromatic rings. The van der Waals surface area contributed by atoms with Crippen molar-refractivity contribution in [3.8, 4) is 23.2 Å². The summed E-state index contributed by atoms with van der Waals surface area (Å²) in [4.78, 5) is 21.2. The number of methoxy groups -OCH3 is 1. The molecule has 2 fully saturated rings. The monoisotopic (exact) mass is 418 g/mol. The van der Waals surface area contributed by atoms with Gasteiger partial charge in [0.15, 0.2) is 17.0 Å². The van der Waals surface area contributed by atoms with Crippen molar-refractivity contribution >= 4 is 17.0 Å². The Labute approximate surface area is 178 Å². The van der Waals surface area contributed by atoms with Crippen LogP contribution in [0.2, 0.25) is 0 Å². The number of hydrogen-bond acceptors (Lipinski definition) is 8. The third-order valence-electron chi connectivity index (χ3n) is 5.65. The molecular formula is C21H22N8O2. The molecule has 6 rings (SSSR count). The zero-order chi connectivity index (χ0) is 20.8. The number of hydrogen-bond donors (Lipinski definition) is 0. The summed E-state index contributed by atoms with van der Waals surface area (Å²) in [6.07, 6.45) is 7.63. The molecule has 0 spiro atoms. The number of morpholine rings is 1. The van der Waals surface area contributed by atoms with Crippen LogP contribution in [-0.4, -0.2) is 67.7 Å². The topological polar surface area (TPSA) is 96.0 Å². The quantitative estimate of drug-likeness (QED) is 0.487. The number of ether oxygens (including phenoxy) is 2. The molecule has 0 unspecified atom stereocenters. The molecule has 0 radical (unpaired) electrons. The van der Waals surface area contributed by atoms with Gasteiger partial charge in [0.1, 0.15) is 5.82 Å². The van der Waals surface area contributed by atoms with Gasteiger partial charge in [0.2, 0.25) is 5.88 Å². The second kappa shape index (κ2) is 7.31. The maximum absolute atomic E-state index is 5.56. The van der Waals surface area contributed by atoms with E-state index in [1.165, 1.54) is 0 Å². The number of nitrogens with zero attached hydrogens (tertiary/aromatic N) is 8. The molecule has 5 heterocycles. The van der Waals surface area contributed by atoms with Gasteiger partial charge in [-0.2, -0.15) is 9.97 Å². The van der Waals surface area contributed by atoms with Crippen molar-refractivity contribution in [2.24, 2.45) is 0 Å². The van der Waals surface area contributed by atoms with Gasteiger partial charge in [0.25, 0.3) is 5.95 Å². The first-order valence-electron chi connectivity index (χ1n) is 10.4. The van der Waals surface area contributed by atoms with E-state index >= 15 is 0 Å². The maximum atomic E-state index is 5.56. The second-order valence-electron chi connectivity index (χ2n) is 7.69. The lowest BCUT2D eigenvalue weighted by atomic mass is 10.2. The average molecular weight is 418 g/mol. The Kier molecular flexibility index (Phi) is 4.30. The largest absolute Gasteiger partial charge is 0.480 e. The van der Waals surface area contributed by atoms with Gasteiger partial charge in [0, 0.05) is 49.4 Å². The molecule has 0 aromatic carbocycles. The fourth-order valence-corrected chi connectivity index (χ4v) is 3.96. The van der Waals surface area contributed by atoms with Crippen LogP contribution in [-0.2, 0) is 4.74 Å². The van der Waals surface area contributed by atoms with Crippen molar-refractivity contribution in [3.05, 3.63) is 36.8 Å². The molecule has 10 nitrogen and oxygen atoms in total. The van der Waals surface area contributed by atoms with E-state index in [2.05, 4.69) is 19.5 Å². The second-order valence-corrected chi connectivity index (χ2v) is 7.69. The maximum Gasteiger partial charge on any atom is 0.254 e. The molecule has 158 valence electrons. The summed E-state index contributed by atoms with van der Waals surface area (Å²) in [6, 6.07) is 6.16. The lowest BCUT2D eigenvalue weighted by Crippen LogP contribution is -2.37. The third-order valence-corrected chi connectivity index (χ3v) is 5.65. The van der Waals surface area contributed by atoms with Crippen molar-refractivity contribution in [2.45, 2.75) is 18.9 Å². The van der Waals surface area contributed by atoms with Crippen LogP contribution in [0.3, 0.4) is 0 Å². The van der Waals surface area contributed by atoms with E-state index in [0.29, 0.717) is 31.1 Å². The Morgan fingerprint density at radius 3 is 2.55 bits per heavy atom. The molecule has 10 heteroatoms. The van der Waals surface area contributed by atoms with Crippen LogP contribution >= 0.6 is 0 Å². The molecule has 1 saturated carbocycles. The fraction of sp³-hybridized carbons (Fsp3) is 0.381. The first-order valence-corrected chi connectivity index (χ1v) is 10.4. The van der Waals surface area contributed by atoms with Crippen molar-refractivity contribution in [1.29, 1.82) is 0 Å². The van der Waals surface area contributed by atoms with Gasteiger partial charge in [-0.05, 0) is 25.0 Å². The number of aromatic nitrogens is 7. The van der Waals surface area contributed by atoms with Gasteiger partial charge >= 0.3 is 0 Å². The minimum absolute atomic E-state index is 0.389. The molecule has 0 bridgehead atoms. The highest BCUT2D eigenvalue weighted by molar-refractivity contribution is 5.88. The summed E-state index contributed by atoms with van der Waals surface area (Å²) in [6.45, 7) is 2.84. The van der Waals surface area contributed by atoms with E-state index in [1.807, 2.05) is 18.3 Å². The number of fused-ring (bicyclic) bond motifs is 1. The molecular weight excluding hydrogens is 396 g/mol. The van der Waals surface area contributed by atoms with E-state index in [1.54, 1.807) is 30.3 Å². The van der Waals surface area contributed by atoms with Gasteiger partial charge in [-0.3, -0.25) is 4.98 Å². The van der Waals surface area contributed by atoms with E-state index in [0.717, 1.165) is 54.3 Å². The number of rotatable bonds is 5. The van der Waals surface area contributed by atoms with Crippen LogP contribution in [0, 0.1) is 0 Å². The average Bonchev–Trinajstić information content (AvgIpc) is 3.41. The summed E-state index contributed by atoms with van der Waals surface area (Å²) in [5.74, 6) is 2.73.